The molecule has 0 bridgehead atoms. The molecule has 0 aromatic heterocycles. The van der Waals surface area contributed by atoms with Crippen molar-refractivity contribution in [3.05, 3.63) is 114 Å². The molecule has 0 aliphatic rings. The first-order valence-electron chi connectivity index (χ1n) is 9.00. The monoisotopic (exact) mass is 521 g/mol. The number of allylic oxidation sites excluding steroid dienone is 3. The molecule has 0 heterocycles. The van der Waals surface area contributed by atoms with Gasteiger partial charge in [0, 0.05) is 0 Å². The summed E-state index contributed by atoms with van der Waals surface area (Å²) in [5.41, 5.74) is 7.30. The fourth-order valence-corrected chi connectivity index (χ4v) is 3.37. The van der Waals surface area contributed by atoms with Crippen LogP contribution in [0.5, 0.6) is 0 Å². The second-order valence-electron chi connectivity index (χ2n) is 6.39. The molecule has 27 heavy (non-hydrogen) atoms. The molecule has 0 spiro atoms. The van der Waals surface area contributed by atoms with E-state index in [1.807, 2.05) is 0 Å². The van der Waals surface area contributed by atoms with Crippen LogP contribution in [0.2, 0.25) is 0 Å². The zero-order valence-corrected chi connectivity index (χ0v) is 18.6. The van der Waals surface area contributed by atoms with Gasteiger partial charge in [0.05, 0.1) is 0 Å². The van der Waals surface area contributed by atoms with Crippen LogP contribution < -0.4 is 4.90 Å². The van der Waals surface area contributed by atoms with Crippen LogP contribution in [-0.2, 0) is 19.4 Å². The molecule has 0 unspecified atom stereocenters. The van der Waals surface area contributed by atoms with Crippen LogP contribution in [-0.4, -0.2) is 4.40 Å². The number of rotatable bonds is 6. The van der Waals surface area contributed by atoms with Crippen molar-refractivity contribution in [1.82, 2.24) is 0 Å². The molecule has 0 fully saturated rings. The third-order valence-corrected chi connectivity index (χ3v) is 5.05. The topological polar surface area (TPSA) is 3.24 Å². The first-order valence-corrected chi connectivity index (χ1v) is 10.7. The van der Waals surface area contributed by atoms with Crippen LogP contribution >= 0.6 is 0 Å². The Balaban J connectivity index is 2.20. The van der Waals surface area contributed by atoms with Crippen LogP contribution in [0.4, 0.5) is 11.4 Å². The average molecular weight is 521 g/mol. The second kappa shape index (κ2) is 9.44. The third kappa shape index (κ3) is 4.81. The Morgan fingerprint density at radius 1 is 0.778 bits per heavy atom. The van der Waals surface area contributed by atoms with Crippen LogP contribution in [0, 0.1) is 13.8 Å². The Hall–Kier alpha value is -2.50. The summed E-state index contributed by atoms with van der Waals surface area (Å²) in [6, 6.07) is 27.6. The number of anilines is 2. The Morgan fingerprint density at radius 2 is 1.41 bits per heavy atom. The van der Waals surface area contributed by atoms with Crippen molar-refractivity contribution >= 4 is 21.3 Å². The molecule has 3 aromatic rings. The second-order valence-corrected chi connectivity index (χ2v) is 7.36. The SMILES string of the molecule is Cc1ccccc1C(C=C[CH]=[W])=CN(c1ccccc1)c1ccccc1C. The number of benzene rings is 3. The first kappa shape index (κ1) is 19.3. The molecule has 3 aromatic carbocycles. The number of hydrogen-bond acceptors (Lipinski definition) is 1. The summed E-state index contributed by atoms with van der Waals surface area (Å²) in [6.45, 7) is 4.32. The standard InChI is InChI=1S/C25H23N.W/c1-4-12-22(24-17-10-8-13-20(24)2)19-26(23-15-6-5-7-16-23)25-18-11-9-14-21(25)3;/h1,4-19H,2-3H3;. The van der Waals surface area contributed by atoms with Crippen molar-refractivity contribution in [3.63, 3.8) is 0 Å². The van der Waals surface area contributed by atoms with Gasteiger partial charge in [0.25, 0.3) is 0 Å². The fraction of sp³-hybridized carbons (Fsp3) is 0.0800. The van der Waals surface area contributed by atoms with Crippen LogP contribution in [0.25, 0.3) is 5.57 Å². The Kier molecular flexibility index (Phi) is 6.73. The molecule has 0 aliphatic heterocycles. The van der Waals surface area contributed by atoms with E-state index in [2.05, 4.69) is 120 Å². The number of aryl methyl sites for hydroxylation is 2. The van der Waals surface area contributed by atoms with E-state index in [-0.39, 0.29) is 0 Å². The van der Waals surface area contributed by atoms with E-state index >= 15 is 0 Å². The Morgan fingerprint density at radius 3 is 2.07 bits per heavy atom. The van der Waals surface area contributed by atoms with Gasteiger partial charge in [-0.2, -0.15) is 0 Å². The summed E-state index contributed by atoms with van der Waals surface area (Å²) in [7, 11) is 0. The van der Waals surface area contributed by atoms with Gasteiger partial charge in [-0.1, -0.05) is 0 Å². The maximum atomic E-state index is 2.28. The zero-order valence-electron chi connectivity index (χ0n) is 15.7. The third-order valence-electron chi connectivity index (χ3n) is 4.49. The molecule has 3 rings (SSSR count). The minimum atomic E-state index is 1.15. The summed E-state index contributed by atoms with van der Waals surface area (Å²) in [5, 5.41) is 0. The summed E-state index contributed by atoms with van der Waals surface area (Å²) >= 11 is 1.45. The van der Waals surface area contributed by atoms with Crippen molar-refractivity contribution in [3.8, 4) is 0 Å². The molecule has 0 saturated carbocycles. The van der Waals surface area contributed by atoms with E-state index in [1.54, 1.807) is 0 Å². The summed E-state index contributed by atoms with van der Waals surface area (Å²) in [5.74, 6) is 0. The van der Waals surface area contributed by atoms with E-state index in [0.29, 0.717) is 0 Å². The van der Waals surface area contributed by atoms with Gasteiger partial charge in [-0.25, -0.2) is 0 Å². The molecule has 0 N–H and O–H groups in total. The molecule has 0 saturated heterocycles. The average Bonchev–Trinajstić information content (AvgIpc) is 2.70. The molecule has 1 nitrogen and oxygen atoms in total. The molecule has 2 heteroatoms. The minimum absolute atomic E-state index is 1.15. The number of nitrogens with zero attached hydrogens (tertiary/aromatic N) is 1. The molecule has 0 aliphatic carbocycles. The van der Waals surface area contributed by atoms with Crippen LogP contribution in [0.1, 0.15) is 16.7 Å². The maximum absolute atomic E-state index is 2.28. The quantitative estimate of drug-likeness (QED) is 0.340. The summed E-state index contributed by atoms with van der Waals surface area (Å²) in [4.78, 5) is 2.28. The molecule has 0 radical (unpaired) electrons. The van der Waals surface area contributed by atoms with Gasteiger partial charge in [0.15, 0.2) is 0 Å². The zero-order chi connectivity index (χ0) is 19.1. The molecule has 0 amide bonds. The van der Waals surface area contributed by atoms with Crippen molar-refractivity contribution in [1.29, 1.82) is 0 Å². The van der Waals surface area contributed by atoms with E-state index in [4.69, 9.17) is 0 Å². The Bertz CT molecular complexity index is 970. The normalized spacial score (nSPS) is 11.6. The van der Waals surface area contributed by atoms with Crippen LogP contribution in [0.15, 0.2) is 97.2 Å². The fourth-order valence-electron chi connectivity index (χ4n) is 3.09. The molecule has 134 valence electrons. The van der Waals surface area contributed by atoms with Gasteiger partial charge in [0.2, 0.25) is 0 Å². The van der Waals surface area contributed by atoms with Crippen LogP contribution in [0.3, 0.4) is 0 Å². The predicted molar refractivity (Wildman–Crippen MR) is 114 cm³/mol. The molecule has 0 atom stereocenters. The summed E-state index contributed by atoms with van der Waals surface area (Å²) in [6.07, 6.45) is 6.58. The van der Waals surface area contributed by atoms with Crippen molar-refractivity contribution < 1.29 is 19.4 Å². The van der Waals surface area contributed by atoms with Gasteiger partial charge in [-0.3, -0.25) is 0 Å². The molecular formula is C25H23NW. The molecular weight excluding hydrogens is 498 g/mol. The first-order chi connectivity index (χ1) is 13.2. The van der Waals surface area contributed by atoms with Crippen molar-refractivity contribution in [2.45, 2.75) is 13.8 Å². The van der Waals surface area contributed by atoms with Crippen molar-refractivity contribution in [2.75, 3.05) is 4.90 Å². The van der Waals surface area contributed by atoms with Gasteiger partial charge in [-0.15, -0.1) is 0 Å². The Labute approximate surface area is 173 Å². The number of para-hydroxylation sites is 2. The van der Waals surface area contributed by atoms with E-state index in [1.165, 1.54) is 47.3 Å². The van der Waals surface area contributed by atoms with Gasteiger partial charge >= 0.3 is 173 Å². The van der Waals surface area contributed by atoms with Gasteiger partial charge in [0.1, 0.15) is 0 Å². The predicted octanol–water partition coefficient (Wildman–Crippen LogP) is 6.39. The van der Waals surface area contributed by atoms with Crippen molar-refractivity contribution in [2.24, 2.45) is 0 Å². The van der Waals surface area contributed by atoms with E-state index < -0.39 is 0 Å². The number of hydrogen-bond donors (Lipinski definition) is 0. The van der Waals surface area contributed by atoms with Gasteiger partial charge < -0.3 is 0 Å². The van der Waals surface area contributed by atoms with E-state index in [0.717, 1.165) is 5.69 Å². The van der Waals surface area contributed by atoms with Gasteiger partial charge in [-0.05, 0) is 0 Å². The van der Waals surface area contributed by atoms with E-state index in [9.17, 15) is 0 Å². The summed E-state index contributed by atoms with van der Waals surface area (Å²) < 4.78 is 2.15.